The molecule has 0 bridgehead atoms. The van der Waals surface area contributed by atoms with E-state index in [-0.39, 0.29) is 18.3 Å². The molecule has 0 aliphatic rings. The van der Waals surface area contributed by atoms with Crippen LogP contribution < -0.4 is 5.32 Å². The van der Waals surface area contributed by atoms with Crippen molar-refractivity contribution >= 4 is 15.9 Å². The van der Waals surface area contributed by atoms with Gasteiger partial charge in [-0.15, -0.1) is 0 Å². The Kier molecular flexibility index (Phi) is 10.4. The van der Waals surface area contributed by atoms with Crippen LogP contribution in [-0.4, -0.2) is 94.8 Å². The number of nitrogens with one attached hydrogen (secondary N) is 1. The summed E-state index contributed by atoms with van der Waals surface area (Å²) in [5, 5.41) is 2.91. The fourth-order valence-corrected chi connectivity index (χ4v) is 3.85. The highest BCUT2D eigenvalue weighted by Crippen LogP contribution is 2.10. The van der Waals surface area contributed by atoms with E-state index in [0.717, 1.165) is 19.6 Å². The van der Waals surface area contributed by atoms with Gasteiger partial charge in [-0.3, -0.25) is 0 Å². The first-order valence-corrected chi connectivity index (χ1v) is 11.1. The molecule has 0 aliphatic heterocycles. The van der Waals surface area contributed by atoms with Crippen LogP contribution in [0.15, 0.2) is 35.2 Å². The van der Waals surface area contributed by atoms with Crippen LogP contribution in [0.5, 0.6) is 0 Å². The summed E-state index contributed by atoms with van der Waals surface area (Å²) in [6.07, 6.45) is 0. The summed E-state index contributed by atoms with van der Waals surface area (Å²) < 4.78 is 25.0. The second-order valence-corrected chi connectivity index (χ2v) is 8.79. The molecule has 0 heterocycles. The number of carbonyl (C=O) groups is 1. The molecule has 0 atom stereocenters. The lowest BCUT2D eigenvalue weighted by molar-refractivity contribution is 0.192. The highest BCUT2D eigenvalue weighted by Gasteiger charge is 2.19. The number of amides is 2. The van der Waals surface area contributed by atoms with Gasteiger partial charge in [-0.2, -0.15) is 0 Å². The molecule has 0 radical (unpaired) electrons. The molecule has 0 spiro atoms. The van der Waals surface area contributed by atoms with Crippen molar-refractivity contribution in [3.8, 4) is 0 Å². The Morgan fingerprint density at radius 3 is 2.15 bits per heavy atom. The highest BCUT2D eigenvalue weighted by molar-refractivity contribution is 7.91. The number of hydrogen-bond acceptors (Lipinski definition) is 5. The first-order chi connectivity index (χ1) is 12.8. The molecular formula is C19H34N4O3S. The van der Waals surface area contributed by atoms with Crippen molar-refractivity contribution in [1.82, 2.24) is 20.0 Å². The van der Waals surface area contributed by atoms with Gasteiger partial charge in [0.2, 0.25) is 0 Å². The number of sulfone groups is 1. The molecule has 0 aliphatic carbocycles. The van der Waals surface area contributed by atoms with Gasteiger partial charge in [0, 0.05) is 32.7 Å². The van der Waals surface area contributed by atoms with Crippen LogP contribution >= 0.6 is 0 Å². The van der Waals surface area contributed by atoms with E-state index in [0.29, 0.717) is 24.5 Å². The van der Waals surface area contributed by atoms with Crippen LogP contribution in [-0.2, 0) is 9.84 Å². The molecule has 0 saturated heterocycles. The van der Waals surface area contributed by atoms with Crippen molar-refractivity contribution in [3.05, 3.63) is 30.3 Å². The number of hydrogen-bond donors (Lipinski definition) is 1. The van der Waals surface area contributed by atoms with Crippen LogP contribution in [0, 0.1) is 0 Å². The highest BCUT2D eigenvalue weighted by atomic mass is 32.2. The fourth-order valence-electron chi connectivity index (χ4n) is 2.58. The Labute approximate surface area is 164 Å². The zero-order chi connectivity index (χ0) is 20.3. The molecule has 2 amide bonds. The largest absolute Gasteiger partial charge is 0.337 e. The van der Waals surface area contributed by atoms with E-state index < -0.39 is 9.84 Å². The fraction of sp³-hybridized carbons (Fsp3) is 0.632. The minimum atomic E-state index is -3.41. The van der Waals surface area contributed by atoms with E-state index in [9.17, 15) is 13.2 Å². The topological polar surface area (TPSA) is 73.0 Å². The van der Waals surface area contributed by atoms with Crippen LogP contribution in [0.4, 0.5) is 4.79 Å². The average molecular weight is 399 g/mol. The summed E-state index contributed by atoms with van der Waals surface area (Å²) in [6.45, 7) is 8.70. The van der Waals surface area contributed by atoms with Gasteiger partial charge in [0.05, 0.1) is 10.6 Å². The molecule has 1 aromatic rings. The number of likely N-dealkylation sites (N-methyl/N-ethyl adjacent to an activating group) is 2. The summed E-state index contributed by atoms with van der Waals surface area (Å²) in [5.41, 5.74) is 0. The van der Waals surface area contributed by atoms with Gasteiger partial charge >= 0.3 is 6.03 Å². The van der Waals surface area contributed by atoms with Gasteiger partial charge < -0.3 is 20.0 Å². The third-order valence-corrected chi connectivity index (χ3v) is 6.15. The first-order valence-electron chi connectivity index (χ1n) is 9.47. The Bertz CT molecular complexity index is 646. The van der Waals surface area contributed by atoms with Crippen LogP contribution in [0.1, 0.15) is 13.8 Å². The molecule has 7 nitrogen and oxygen atoms in total. The van der Waals surface area contributed by atoms with Gasteiger partial charge in [-0.1, -0.05) is 32.0 Å². The van der Waals surface area contributed by atoms with Gasteiger partial charge in [-0.05, 0) is 39.3 Å². The Morgan fingerprint density at radius 2 is 1.59 bits per heavy atom. The maximum absolute atomic E-state index is 12.6. The summed E-state index contributed by atoms with van der Waals surface area (Å²) in [7, 11) is 0.443. The Balaban J connectivity index is 2.66. The Morgan fingerprint density at radius 1 is 0.963 bits per heavy atom. The van der Waals surface area contributed by atoms with Crippen LogP contribution in [0.2, 0.25) is 0 Å². The lowest BCUT2D eigenvalue weighted by atomic mass is 10.4. The summed E-state index contributed by atoms with van der Waals surface area (Å²) in [5.74, 6) is -0.0894. The summed E-state index contributed by atoms with van der Waals surface area (Å²) >= 11 is 0. The number of rotatable bonds is 12. The van der Waals surface area contributed by atoms with Gasteiger partial charge in [0.25, 0.3) is 0 Å². The quantitative estimate of drug-likeness (QED) is 0.576. The second-order valence-electron chi connectivity index (χ2n) is 6.68. The lowest BCUT2D eigenvalue weighted by Crippen LogP contribution is -2.46. The number of carbonyl (C=O) groups excluding carboxylic acids is 1. The first kappa shape index (κ1) is 23.4. The van der Waals surface area contributed by atoms with Crippen molar-refractivity contribution in [2.24, 2.45) is 0 Å². The zero-order valence-corrected chi connectivity index (χ0v) is 17.8. The molecule has 154 valence electrons. The van der Waals surface area contributed by atoms with E-state index in [2.05, 4.69) is 24.1 Å². The smallest absolute Gasteiger partial charge is 0.317 e. The molecule has 0 saturated carbocycles. The molecule has 0 fully saturated rings. The zero-order valence-electron chi connectivity index (χ0n) is 17.0. The standard InChI is InChI=1S/C19H34N4O3S/c1-5-22(6-2)13-12-20-19(24)23(15-14-21(3)4)16-17-27(25,26)18-10-8-7-9-11-18/h7-11H,5-6,12-17H2,1-4H3,(H,20,24). The molecule has 27 heavy (non-hydrogen) atoms. The molecule has 0 aromatic heterocycles. The molecule has 1 N–H and O–H groups in total. The predicted molar refractivity (Wildman–Crippen MR) is 110 cm³/mol. The van der Waals surface area contributed by atoms with E-state index >= 15 is 0 Å². The third-order valence-electron chi connectivity index (χ3n) is 4.44. The maximum atomic E-state index is 12.6. The van der Waals surface area contributed by atoms with Gasteiger partial charge in [0.15, 0.2) is 9.84 Å². The van der Waals surface area contributed by atoms with E-state index in [4.69, 9.17) is 0 Å². The molecular weight excluding hydrogens is 364 g/mol. The van der Waals surface area contributed by atoms with Crippen LogP contribution in [0.25, 0.3) is 0 Å². The summed E-state index contributed by atoms with van der Waals surface area (Å²) in [6, 6.07) is 8.15. The number of urea groups is 1. The van der Waals surface area contributed by atoms with Gasteiger partial charge in [0.1, 0.15) is 0 Å². The number of benzene rings is 1. The van der Waals surface area contributed by atoms with E-state index in [1.165, 1.54) is 0 Å². The molecule has 0 unspecified atom stereocenters. The Hall–Kier alpha value is -1.64. The van der Waals surface area contributed by atoms with Crippen molar-refractivity contribution in [2.75, 3.05) is 65.7 Å². The summed E-state index contributed by atoms with van der Waals surface area (Å²) in [4.78, 5) is 18.6. The number of nitrogens with zero attached hydrogens (tertiary/aromatic N) is 3. The van der Waals surface area contributed by atoms with Crippen molar-refractivity contribution < 1.29 is 13.2 Å². The van der Waals surface area contributed by atoms with Crippen LogP contribution in [0.3, 0.4) is 0 Å². The van der Waals surface area contributed by atoms with Crippen molar-refractivity contribution in [2.45, 2.75) is 18.7 Å². The predicted octanol–water partition coefficient (Wildman–Crippen LogP) is 1.38. The van der Waals surface area contributed by atoms with Gasteiger partial charge in [-0.25, -0.2) is 13.2 Å². The SMILES string of the molecule is CCN(CC)CCNC(=O)N(CCN(C)C)CCS(=O)(=O)c1ccccc1. The normalized spacial score (nSPS) is 11.8. The minimum absolute atomic E-state index is 0.0894. The van der Waals surface area contributed by atoms with E-state index in [1.807, 2.05) is 19.0 Å². The lowest BCUT2D eigenvalue weighted by Gasteiger charge is -2.25. The molecule has 8 heteroatoms. The third kappa shape index (κ3) is 8.73. The monoisotopic (exact) mass is 398 g/mol. The van der Waals surface area contributed by atoms with E-state index in [1.54, 1.807) is 35.2 Å². The average Bonchev–Trinajstić information content (AvgIpc) is 2.65. The van der Waals surface area contributed by atoms with Crippen molar-refractivity contribution in [3.63, 3.8) is 0 Å². The molecule has 1 rings (SSSR count). The van der Waals surface area contributed by atoms with Crippen molar-refractivity contribution in [1.29, 1.82) is 0 Å². The maximum Gasteiger partial charge on any atom is 0.317 e. The second kappa shape index (κ2) is 11.9. The molecule has 1 aromatic carbocycles. The minimum Gasteiger partial charge on any atom is -0.337 e.